The molecule has 1 rings (SSSR count). The number of hydrogen-bond acceptors (Lipinski definition) is 3. The van der Waals surface area contributed by atoms with Crippen LogP contribution < -0.4 is 5.73 Å². The van der Waals surface area contributed by atoms with Gasteiger partial charge in [-0.2, -0.15) is 11.3 Å². The van der Waals surface area contributed by atoms with Crippen LogP contribution in [0.1, 0.15) is 0 Å². The van der Waals surface area contributed by atoms with Gasteiger partial charge in [0.2, 0.25) is 0 Å². The van der Waals surface area contributed by atoms with Gasteiger partial charge in [-0.05, 0) is 10.8 Å². The van der Waals surface area contributed by atoms with E-state index in [1.165, 1.54) is 7.11 Å². The van der Waals surface area contributed by atoms with Crippen LogP contribution in [-0.4, -0.2) is 13.2 Å². The molecule has 0 radical (unpaired) electrons. The zero-order valence-corrected chi connectivity index (χ0v) is 6.43. The Balaban J connectivity index is 0.000000162. The van der Waals surface area contributed by atoms with E-state index in [1.54, 1.807) is 11.3 Å². The lowest BCUT2D eigenvalue weighted by atomic mass is 10.7. The molecule has 1 aromatic rings. The molecule has 0 fully saturated rings. The summed E-state index contributed by atoms with van der Waals surface area (Å²) in [6.07, 6.45) is -0.745. The van der Waals surface area contributed by atoms with Crippen molar-refractivity contribution < 1.29 is 9.53 Å². The summed E-state index contributed by atoms with van der Waals surface area (Å²) >= 11 is 1.71. The Kier molecular flexibility index (Phi) is 5.47. The first-order valence-electron chi connectivity index (χ1n) is 2.58. The first kappa shape index (κ1) is 8.97. The van der Waals surface area contributed by atoms with Crippen molar-refractivity contribution in [2.75, 3.05) is 7.11 Å². The Labute approximate surface area is 63.4 Å². The fourth-order valence-electron chi connectivity index (χ4n) is 0.227. The highest BCUT2D eigenvalue weighted by molar-refractivity contribution is 7.07. The van der Waals surface area contributed by atoms with Crippen LogP contribution in [0, 0.1) is 0 Å². The average Bonchev–Trinajstić information content (AvgIpc) is 2.43. The number of ether oxygens (including phenoxy) is 1. The third-order valence-corrected chi connectivity index (χ3v) is 1.26. The molecule has 4 heteroatoms. The SMILES string of the molecule is COC(N)=O.c1ccsc1. The van der Waals surface area contributed by atoms with Crippen molar-refractivity contribution in [1.82, 2.24) is 0 Å². The maximum Gasteiger partial charge on any atom is 0.404 e. The Morgan fingerprint density at radius 2 is 1.90 bits per heavy atom. The lowest BCUT2D eigenvalue weighted by molar-refractivity contribution is 0.182. The Hall–Kier alpha value is -1.03. The van der Waals surface area contributed by atoms with Crippen LogP contribution in [-0.2, 0) is 4.74 Å². The van der Waals surface area contributed by atoms with Crippen LogP contribution in [0.25, 0.3) is 0 Å². The summed E-state index contributed by atoms with van der Waals surface area (Å²) in [5, 5.41) is 4.08. The number of methoxy groups -OCH3 is 1. The first-order chi connectivity index (χ1) is 4.77. The number of carbonyl (C=O) groups is 1. The summed E-state index contributed by atoms with van der Waals surface area (Å²) in [6.45, 7) is 0. The van der Waals surface area contributed by atoms with E-state index in [9.17, 15) is 4.79 Å². The van der Waals surface area contributed by atoms with Crippen LogP contribution in [0.15, 0.2) is 22.9 Å². The fourth-order valence-corrected chi connectivity index (χ4v) is 0.680. The maximum atomic E-state index is 9.37. The van der Waals surface area contributed by atoms with Crippen molar-refractivity contribution in [3.05, 3.63) is 22.9 Å². The average molecular weight is 159 g/mol. The van der Waals surface area contributed by atoms with E-state index in [0.29, 0.717) is 0 Å². The van der Waals surface area contributed by atoms with Crippen molar-refractivity contribution in [1.29, 1.82) is 0 Å². The minimum Gasteiger partial charge on any atom is -0.453 e. The molecule has 3 nitrogen and oxygen atoms in total. The summed E-state index contributed by atoms with van der Waals surface area (Å²) in [4.78, 5) is 9.37. The number of amides is 1. The Morgan fingerprint density at radius 3 is 2.00 bits per heavy atom. The number of nitrogens with two attached hydrogens (primary N) is 1. The monoisotopic (exact) mass is 159 g/mol. The van der Waals surface area contributed by atoms with Gasteiger partial charge in [-0.3, -0.25) is 0 Å². The summed E-state index contributed by atoms with van der Waals surface area (Å²) in [5.74, 6) is 0. The van der Waals surface area contributed by atoms with Crippen LogP contribution in [0.3, 0.4) is 0 Å². The van der Waals surface area contributed by atoms with Gasteiger partial charge in [-0.15, -0.1) is 0 Å². The molecule has 1 heterocycles. The summed E-state index contributed by atoms with van der Waals surface area (Å²) in [5.41, 5.74) is 4.43. The van der Waals surface area contributed by atoms with Crippen molar-refractivity contribution in [2.45, 2.75) is 0 Å². The second-order valence-corrected chi connectivity index (χ2v) is 2.13. The van der Waals surface area contributed by atoms with Gasteiger partial charge in [0.15, 0.2) is 0 Å². The summed E-state index contributed by atoms with van der Waals surface area (Å²) < 4.78 is 3.89. The fraction of sp³-hybridized carbons (Fsp3) is 0.167. The number of rotatable bonds is 0. The third kappa shape index (κ3) is 6.97. The zero-order valence-electron chi connectivity index (χ0n) is 5.61. The first-order valence-corrected chi connectivity index (χ1v) is 3.52. The standard InChI is InChI=1S/C4H4S.C2H5NO2/c1-2-4-5-3-1;1-5-2(3)4/h1-4H;1H3,(H2,3,4). The molecule has 56 valence electrons. The minimum absolute atomic E-state index is 0.745. The maximum absolute atomic E-state index is 9.37. The van der Waals surface area contributed by atoms with Gasteiger partial charge in [0.1, 0.15) is 0 Å². The molecule has 0 bridgehead atoms. The van der Waals surface area contributed by atoms with Crippen LogP contribution in [0.4, 0.5) is 4.79 Å². The molecule has 0 atom stereocenters. The van der Waals surface area contributed by atoms with E-state index in [4.69, 9.17) is 0 Å². The lowest BCUT2D eigenvalue weighted by Gasteiger charge is -1.81. The molecule has 0 saturated heterocycles. The smallest absolute Gasteiger partial charge is 0.404 e. The van der Waals surface area contributed by atoms with Crippen molar-refractivity contribution in [3.63, 3.8) is 0 Å². The molecule has 0 spiro atoms. The van der Waals surface area contributed by atoms with E-state index >= 15 is 0 Å². The van der Waals surface area contributed by atoms with Gasteiger partial charge in [-0.25, -0.2) is 4.79 Å². The van der Waals surface area contributed by atoms with Gasteiger partial charge in [0, 0.05) is 0 Å². The van der Waals surface area contributed by atoms with Crippen molar-refractivity contribution >= 4 is 17.4 Å². The minimum atomic E-state index is -0.745. The summed E-state index contributed by atoms with van der Waals surface area (Å²) in [7, 11) is 1.22. The highest BCUT2D eigenvalue weighted by atomic mass is 32.1. The Bertz CT molecular complexity index is 145. The topological polar surface area (TPSA) is 52.3 Å². The Morgan fingerprint density at radius 1 is 1.50 bits per heavy atom. The van der Waals surface area contributed by atoms with E-state index < -0.39 is 6.09 Å². The number of hydrogen-bond donors (Lipinski definition) is 1. The molecule has 0 saturated carbocycles. The van der Waals surface area contributed by atoms with E-state index in [1.807, 2.05) is 22.9 Å². The van der Waals surface area contributed by atoms with Gasteiger partial charge < -0.3 is 10.5 Å². The second-order valence-electron chi connectivity index (χ2n) is 1.32. The van der Waals surface area contributed by atoms with Crippen LogP contribution >= 0.6 is 11.3 Å². The molecule has 0 unspecified atom stereocenters. The molecule has 1 amide bonds. The predicted molar refractivity (Wildman–Crippen MR) is 40.9 cm³/mol. The summed E-state index contributed by atoms with van der Waals surface area (Å²) in [6, 6.07) is 4.04. The zero-order chi connectivity index (χ0) is 7.82. The molecular weight excluding hydrogens is 150 g/mol. The molecule has 0 aromatic carbocycles. The number of carbonyl (C=O) groups excluding carboxylic acids is 1. The lowest BCUT2D eigenvalue weighted by Crippen LogP contribution is -2.08. The normalized spacial score (nSPS) is 7.30. The molecule has 0 aliphatic carbocycles. The number of primary amides is 1. The van der Waals surface area contributed by atoms with Gasteiger partial charge in [0.05, 0.1) is 7.11 Å². The van der Waals surface area contributed by atoms with Crippen LogP contribution in [0.5, 0.6) is 0 Å². The molecule has 2 N–H and O–H groups in total. The van der Waals surface area contributed by atoms with Gasteiger partial charge in [-0.1, -0.05) is 12.1 Å². The van der Waals surface area contributed by atoms with Gasteiger partial charge >= 0.3 is 6.09 Å². The van der Waals surface area contributed by atoms with Crippen molar-refractivity contribution in [2.24, 2.45) is 5.73 Å². The molecule has 1 aromatic heterocycles. The van der Waals surface area contributed by atoms with E-state index in [2.05, 4.69) is 10.5 Å². The van der Waals surface area contributed by atoms with Gasteiger partial charge in [0.25, 0.3) is 0 Å². The second kappa shape index (κ2) is 6.10. The quantitative estimate of drug-likeness (QED) is 0.623. The third-order valence-electron chi connectivity index (χ3n) is 0.627. The molecule has 0 aliphatic heterocycles. The van der Waals surface area contributed by atoms with Crippen LogP contribution in [0.2, 0.25) is 0 Å². The highest BCUT2D eigenvalue weighted by Gasteiger charge is 1.76. The highest BCUT2D eigenvalue weighted by Crippen LogP contribution is 1.91. The number of thiophene rings is 1. The van der Waals surface area contributed by atoms with E-state index in [-0.39, 0.29) is 0 Å². The van der Waals surface area contributed by atoms with Crippen molar-refractivity contribution in [3.8, 4) is 0 Å². The predicted octanol–water partition coefficient (Wildman–Crippen LogP) is 1.46. The molecule has 10 heavy (non-hydrogen) atoms. The molecular formula is C6H9NO2S. The molecule has 0 aliphatic rings. The van der Waals surface area contributed by atoms with E-state index in [0.717, 1.165) is 0 Å². The largest absolute Gasteiger partial charge is 0.453 e.